The molecule has 2 unspecified atom stereocenters. The fourth-order valence-corrected chi connectivity index (χ4v) is 4.73. The highest BCUT2D eigenvalue weighted by Crippen LogP contribution is 2.41. The van der Waals surface area contributed by atoms with Gasteiger partial charge in [-0.1, -0.05) is 52.4 Å². The third kappa shape index (κ3) is 6.89. The van der Waals surface area contributed by atoms with E-state index in [9.17, 15) is 0 Å². The van der Waals surface area contributed by atoms with Crippen molar-refractivity contribution in [1.29, 1.82) is 0 Å². The first kappa shape index (κ1) is 18.9. The van der Waals surface area contributed by atoms with Gasteiger partial charge in [-0.3, -0.25) is 0 Å². The van der Waals surface area contributed by atoms with Crippen LogP contribution in [-0.4, -0.2) is 6.10 Å². The second-order valence-corrected chi connectivity index (χ2v) is 8.12. The van der Waals surface area contributed by atoms with Gasteiger partial charge in [-0.15, -0.1) is 0 Å². The largest absolute Gasteiger partial charge is 0.498 e. The summed E-state index contributed by atoms with van der Waals surface area (Å²) in [6.45, 7) is 4.57. The minimum Gasteiger partial charge on any atom is -0.498 e. The normalized spacial score (nSPS) is 32.3. The zero-order valence-electron chi connectivity index (χ0n) is 15.8. The van der Waals surface area contributed by atoms with Crippen LogP contribution in [0.2, 0.25) is 0 Å². The molecule has 0 saturated heterocycles. The zero-order chi connectivity index (χ0) is 16.3. The highest BCUT2D eigenvalue weighted by Gasteiger charge is 2.31. The Morgan fingerprint density at radius 3 is 2.39 bits per heavy atom. The lowest BCUT2D eigenvalue weighted by Gasteiger charge is -2.38. The van der Waals surface area contributed by atoms with Crippen LogP contribution in [-0.2, 0) is 4.74 Å². The standard InChI is InChI=1S/C22H40O/c1-3-5-7-8-17-23-22-12-9-11-21(18-22)20-15-13-19(14-16-20)10-6-4-2/h8,17,19-22H,3-7,9-16,18H2,1-2H3/b17-8+. The maximum absolute atomic E-state index is 6.04. The van der Waals surface area contributed by atoms with E-state index in [0.717, 1.165) is 17.8 Å². The van der Waals surface area contributed by atoms with Crippen LogP contribution in [0.25, 0.3) is 0 Å². The Morgan fingerprint density at radius 2 is 1.65 bits per heavy atom. The number of hydrogen-bond donors (Lipinski definition) is 0. The first-order valence-electron chi connectivity index (χ1n) is 10.6. The van der Waals surface area contributed by atoms with Crippen molar-refractivity contribution in [1.82, 2.24) is 0 Å². The number of unbranched alkanes of at least 4 members (excludes halogenated alkanes) is 3. The van der Waals surface area contributed by atoms with Crippen molar-refractivity contribution in [2.24, 2.45) is 17.8 Å². The number of ether oxygens (including phenoxy) is 1. The predicted octanol–water partition coefficient (Wildman–Crippen LogP) is 7.26. The Bertz CT molecular complexity index is 314. The molecule has 0 heterocycles. The number of hydrogen-bond acceptors (Lipinski definition) is 1. The molecule has 0 N–H and O–H groups in total. The number of rotatable bonds is 9. The van der Waals surface area contributed by atoms with Crippen molar-refractivity contribution < 1.29 is 4.74 Å². The van der Waals surface area contributed by atoms with E-state index in [-0.39, 0.29) is 0 Å². The van der Waals surface area contributed by atoms with Gasteiger partial charge in [0.2, 0.25) is 0 Å². The lowest BCUT2D eigenvalue weighted by atomic mass is 9.70. The van der Waals surface area contributed by atoms with E-state index in [1.807, 2.05) is 6.26 Å². The molecule has 0 bridgehead atoms. The fourth-order valence-electron chi connectivity index (χ4n) is 4.73. The van der Waals surface area contributed by atoms with Crippen LogP contribution >= 0.6 is 0 Å². The predicted molar refractivity (Wildman–Crippen MR) is 100 cm³/mol. The van der Waals surface area contributed by atoms with Gasteiger partial charge >= 0.3 is 0 Å². The van der Waals surface area contributed by atoms with Gasteiger partial charge in [-0.2, -0.15) is 0 Å². The van der Waals surface area contributed by atoms with Crippen LogP contribution in [0, 0.1) is 17.8 Å². The molecule has 1 heteroatoms. The van der Waals surface area contributed by atoms with Crippen molar-refractivity contribution in [3.05, 3.63) is 12.3 Å². The smallest absolute Gasteiger partial charge is 0.0981 e. The topological polar surface area (TPSA) is 9.23 Å². The molecule has 0 aliphatic heterocycles. The molecule has 2 rings (SSSR count). The van der Waals surface area contributed by atoms with Gasteiger partial charge in [-0.25, -0.2) is 0 Å². The molecule has 0 spiro atoms. The van der Waals surface area contributed by atoms with Crippen LogP contribution in [0.1, 0.15) is 104 Å². The van der Waals surface area contributed by atoms with E-state index < -0.39 is 0 Å². The van der Waals surface area contributed by atoms with Crippen molar-refractivity contribution in [3.8, 4) is 0 Å². The first-order chi connectivity index (χ1) is 11.3. The Hall–Kier alpha value is -0.460. The molecular weight excluding hydrogens is 280 g/mol. The summed E-state index contributed by atoms with van der Waals surface area (Å²) in [4.78, 5) is 0. The summed E-state index contributed by atoms with van der Waals surface area (Å²) in [5, 5.41) is 0. The van der Waals surface area contributed by atoms with E-state index >= 15 is 0 Å². The van der Waals surface area contributed by atoms with E-state index in [2.05, 4.69) is 19.9 Å². The molecule has 2 atom stereocenters. The highest BCUT2D eigenvalue weighted by molar-refractivity contribution is 4.84. The SMILES string of the molecule is CCCC/C=C/OC1CCCC(C2CCC(CCCC)CC2)C1. The molecule has 0 aromatic heterocycles. The molecule has 2 fully saturated rings. The molecule has 2 aliphatic rings. The van der Waals surface area contributed by atoms with E-state index in [1.54, 1.807) is 0 Å². The minimum absolute atomic E-state index is 0.504. The summed E-state index contributed by atoms with van der Waals surface area (Å²) < 4.78 is 6.04. The van der Waals surface area contributed by atoms with E-state index in [0.29, 0.717) is 6.10 Å². The Kier molecular flexibility index (Phi) is 9.15. The van der Waals surface area contributed by atoms with Crippen molar-refractivity contribution in [2.75, 3.05) is 0 Å². The Morgan fingerprint density at radius 1 is 0.870 bits per heavy atom. The fraction of sp³-hybridized carbons (Fsp3) is 0.909. The van der Waals surface area contributed by atoms with Crippen molar-refractivity contribution in [2.45, 2.75) is 110 Å². The average molecular weight is 321 g/mol. The lowest BCUT2D eigenvalue weighted by Crippen LogP contribution is -2.29. The third-order valence-corrected chi connectivity index (χ3v) is 6.28. The molecule has 2 aliphatic carbocycles. The summed E-state index contributed by atoms with van der Waals surface area (Å²) in [5.41, 5.74) is 0. The van der Waals surface area contributed by atoms with Gasteiger partial charge in [0.1, 0.15) is 0 Å². The molecule has 134 valence electrons. The van der Waals surface area contributed by atoms with Crippen LogP contribution in [0.5, 0.6) is 0 Å². The van der Waals surface area contributed by atoms with E-state index in [1.165, 1.54) is 89.9 Å². The van der Waals surface area contributed by atoms with Crippen LogP contribution in [0.3, 0.4) is 0 Å². The second kappa shape index (κ2) is 11.2. The van der Waals surface area contributed by atoms with Crippen LogP contribution in [0.4, 0.5) is 0 Å². The average Bonchev–Trinajstić information content (AvgIpc) is 2.60. The molecule has 2 saturated carbocycles. The third-order valence-electron chi connectivity index (χ3n) is 6.28. The summed E-state index contributed by atoms with van der Waals surface area (Å²) in [6, 6.07) is 0. The van der Waals surface area contributed by atoms with Crippen LogP contribution < -0.4 is 0 Å². The second-order valence-electron chi connectivity index (χ2n) is 8.12. The Labute approximate surface area is 145 Å². The number of allylic oxidation sites excluding steroid dienone is 1. The molecule has 0 radical (unpaired) electrons. The van der Waals surface area contributed by atoms with Gasteiger partial charge in [0.05, 0.1) is 12.4 Å². The Balaban J connectivity index is 1.66. The monoisotopic (exact) mass is 320 g/mol. The van der Waals surface area contributed by atoms with Gasteiger partial charge < -0.3 is 4.74 Å². The van der Waals surface area contributed by atoms with Gasteiger partial charge in [0.15, 0.2) is 0 Å². The first-order valence-corrected chi connectivity index (χ1v) is 10.6. The maximum Gasteiger partial charge on any atom is 0.0981 e. The maximum atomic E-state index is 6.04. The quantitative estimate of drug-likeness (QED) is 0.321. The lowest BCUT2D eigenvalue weighted by molar-refractivity contribution is 0.0510. The van der Waals surface area contributed by atoms with Gasteiger partial charge in [-0.05, 0) is 75.2 Å². The van der Waals surface area contributed by atoms with Crippen LogP contribution in [0.15, 0.2) is 12.3 Å². The molecule has 23 heavy (non-hydrogen) atoms. The van der Waals surface area contributed by atoms with Gasteiger partial charge in [0.25, 0.3) is 0 Å². The van der Waals surface area contributed by atoms with Crippen molar-refractivity contribution in [3.63, 3.8) is 0 Å². The van der Waals surface area contributed by atoms with Gasteiger partial charge in [0, 0.05) is 0 Å². The molecule has 0 aromatic rings. The highest BCUT2D eigenvalue weighted by atomic mass is 16.5. The molecule has 1 nitrogen and oxygen atoms in total. The molecular formula is C22H40O. The zero-order valence-corrected chi connectivity index (χ0v) is 15.8. The molecule has 0 aromatic carbocycles. The summed E-state index contributed by atoms with van der Waals surface area (Å²) in [6.07, 6.45) is 24.2. The minimum atomic E-state index is 0.504. The summed E-state index contributed by atoms with van der Waals surface area (Å²) in [7, 11) is 0. The van der Waals surface area contributed by atoms with Crippen molar-refractivity contribution >= 4 is 0 Å². The van der Waals surface area contributed by atoms with E-state index in [4.69, 9.17) is 4.74 Å². The summed E-state index contributed by atoms with van der Waals surface area (Å²) in [5.74, 6) is 3.00. The summed E-state index contributed by atoms with van der Waals surface area (Å²) >= 11 is 0. The molecule has 0 amide bonds.